The second-order valence-corrected chi connectivity index (χ2v) is 5.29. The lowest BCUT2D eigenvalue weighted by Crippen LogP contribution is -2.42. The van der Waals surface area contributed by atoms with Crippen LogP contribution in [0.15, 0.2) is 0 Å². The molecule has 0 amide bonds. The van der Waals surface area contributed by atoms with Crippen molar-refractivity contribution in [3.8, 4) is 0 Å². The first-order valence-electron chi connectivity index (χ1n) is 5.98. The summed E-state index contributed by atoms with van der Waals surface area (Å²) in [5, 5.41) is 0. The summed E-state index contributed by atoms with van der Waals surface area (Å²) in [7, 11) is 0. The average Bonchev–Trinajstić information content (AvgIpc) is 2.68. The van der Waals surface area contributed by atoms with Crippen molar-refractivity contribution >= 4 is 11.6 Å². The molecule has 0 aromatic heterocycles. The molecule has 2 fully saturated rings. The van der Waals surface area contributed by atoms with Gasteiger partial charge in [-0.15, -0.1) is 0 Å². The Labute approximate surface area is 97.6 Å². The van der Waals surface area contributed by atoms with Crippen molar-refractivity contribution in [3.05, 3.63) is 0 Å². The molecule has 0 heterocycles. The van der Waals surface area contributed by atoms with Gasteiger partial charge in [0.2, 0.25) is 5.78 Å². The fraction of sp³-hybridized carbons (Fsp3) is 0.833. The van der Waals surface area contributed by atoms with E-state index in [9.17, 15) is 22.8 Å². The number of ketones is 2. The third-order valence-corrected chi connectivity index (χ3v) is 4.19. The summed E-state index contributed by atoms with van der Waals surface area (Å²) in [6.07, 6.45) is -0.242. The summed E-state index contributed by atoms with van der Waals surface area (Å²) in [5.41, 5.74) is -0.167. The molecule has 0 saturated heterocycles. The Bertz CT molecular complexity index is 340. The molecule has 2 rings (SSSR count). The Morgan fingerprint density at radius 3 is 2.29 bits per heavy atom. The zero-order valence-electron chi connectivity index (χ0n) is 9.48. The Balaban J connectivity index is 2.15. The molecule has 2 saturated carbocycles. The molecule has 0 radical (unpaired) electrons. The molecule has 17 heavy (non-hydrogen) atoms. The molecule has 0 aliphatic heterocycles. The number of hydrogen-bond acceptors (Lipinski definition) is 2. The van der Waals surface area contributed by atoms with Gasteiger partial charge in [-0.1, -0.05) is 12.8 Å². The number of halogens is 3. The van der Waals surface area contributed by atoms with Gasteiger partial charge < -0.3 is 0 Å². The largest absolute Gasteiger partial charge is 0.450 e. The second kappa shape index (κ2) is 4.10. The van der Waals surface area contributed by atoms with Gasteiger partial charge >= 0.3 is 6.18 Å². The topological polar surface area (TPSA) is 34.1 Å². The van der Waals surface area contributed by atoms with Crippen LogP contribution in [0.5, 0.6) is 0 Å². The number of Topliss-reactive ketones (excluding diaryl/α,β-unsaturated/α-hetero) is 2. The van der Waals surface area contributed by atoms with Gasteiger partial charge in [-0.3, -0.25) is 9.59 Å². The van der Waals surface area contributed by atoms with Gasteiger partial charge in [-0.2, -0.15) is 13.2 Å². The molecule has 1 unspecified atom stereocenters. The van der Waals surface area contributed by atoms with Crippen molar-refractivity contribution in [1.82, 2.24) is 0 Å². The van der Waals surface area contributed by atoms with Gasteiger partial charge in [-0.25, -0.2) is 0 Å². The van der Waals surface area contributed by atoms with Gasteiger partial charge in [0, 0.05) is 6.42 Å². The first-order valence-corrected chi connectivity index (χ1v) is 5.98. The van der Waals surface area contributed by atoms with Crippen LogP contribution in [-0.2, 0) is 9.59 Å². The van der Waals surface area contributed by atoms with E-state index in [1.807, 2.05) is 0 Å². The zero-order chi connectivity index (χ0) is 12.7. The first kappa shape index (κ1) is 12.6. The Kier molecular flexibility index (Phi) is 3.04. The Hall–Kier alpha value is -0.870. The molecular weight excluding hydrogens is 233 g/mol. The third-order valence-electron chi connectivity index (χ3n) is 4.19. The summed E-state index contributed by atoms with van der Waals surface area (Å²) in [6, 6.07) is 0. The van der Waals surface area contributed by atoms with E-state index in [-0.39, 0.29) is 18.3 Å². The summed E-state index contributed by atoms with van der Waals surface area (Å²) >= 11 is 0. The van der Waals surface area contributed by atoms with Crippen molar-refractivity contribution in [2.75, 3.05) is 0 Å². The van der Waals surface area contributed by atoms with Gasteiger partial charge in [0.25, 0.3) is 0 Å². The summed E-state index contributed by atoms with van der Waals surface area (Å²) in [5.74, 6) is -3.79. The van der Waals surface area contributed by atoms with Crippen molar-refractivity contribution in [3.63, 3.8) is 0 Å². The minimum Gasteiger partial charge on any atom is -0.299 e. The molecule has 5 heteroatoms. The monoisotopic (exact) mass is 248 g/mol. The molecular formula is C12H15F3O2. The van der Waals surface area contributed by atoms with Gasteiger partial charge in [0.05, 0.1) is 5.92 Å². The van der Waals surface area contributed by atoms with Crippen molar-refractivity contribution in [2.24, 2.45) is 11.3 Å². The maximum absolute atomic E-state index is 12.4. The highest BCUT2D eigenvalue weighted by molar-refractivity contribution is 6.05. The van der Waals surface area contributed by atoms with Crippen LogP contribution in [0.2, 0.25) is 0 Å². The smallest absolute Gasteiger partial charge is 0.299 e. The molecule has 0 aromatic carbocycles. The number of alkyl halides is 3. The van der Waals surface area contributed by atoms with Crippen LogP contribution in [0.25, 0.3) is 0 Å². The van der Waals surface area contributed by atoms with Crippen LogP contribution < -0.4 is 0 Å². The molecule has 0 N–H and O–H groups in total. The van der Waals surface area contributed by atoms with E-state index in [0.717, 1.165) is 25.7 Å². The van der Waals surface area contributed by atoms with E-state index in [1.54, 1.807) is 0 Å². The van der Waals surface area contributed by atoms with Gasteiger partial charge in [-0.05, 0) is 31.1 Å². The second-order valence-electron chi connectivity index (χ2n) is 5.29. The maximum Gasteiger partial charge on any atom is 0.450 e. The SMILES string of the molecule is O=C1CCC2(CCCC2)CC1C(=O)C(F)(F)F. The summed E-state index contributed by atoms with van der Waals surface area (Å²) < 4.78 is 37.1. The molecule has 1 atom stereocenters. The minimum absolute atomic E-state index is 0.115. The van der Waals surface area contributed by atoms with E-state index in [1.165, 1.54) is 0 Å². The molecule has 0 bridgehead atoms. The van der Waals surface area contributed by atoms with E-state index >= 15 is 0 Å². The molecule has 96 valence electrons. The zero-order valence-corrected chi connectivity index (χ0v) is 9.48. The molecule has 2 nitrogen and oxygen atoms in total. The first-order chi connectivity index (χ1) is 7.84. The quantitative estimate of drug-likeness (QED) is 0.668. The highest BCUT2D eigenvalue weighted by Gasteiger charge is 2.51. The van der Waals surface area contributed by atoms with Gasteiger partial charge in [0.1, 0.15) is 5.78 Å². The fourth-order valence-corrected chi connectivity index (χ4v) is 3.23. The van der Waals surface area contributed by atoms with Crippen LogP contribution in [0, 0.1) is 11.3 Å². The average molecular weight is 248 g/mol. The van der Waals surface area contributed by atoms with Crippen LogP contribution in [0.3, 0.4) is 0 Å². The van der Waals surface area contributed by atoms with Crippen LogP contribution >= 0.6 is 0 Å². The number of carbonyl (C=O) groups is 2. The number of hydrogen-bond donors (Lipinski definition) is 0. The van der Waals surface area contributed by atoms with Crippen LogP contribution in [0.4, 0.5) is 13.2 Å². The lowest BCUT2D eigenvalue weighted by Gasteiger charge is -2.36. The Morgan fingerprint density at radius 1 is 1.18 bits per heavy atom. The standard InChI is InChI=1S/C12H15F3O2/c13-12(14,15)10(17)8-7-11(4-1-2-5-11)6-3-9(8)16/h8H,1-7H2. The summed E-state index contributed by atoms with van der Waals surface area (Å²) in [6.45, 7) is 0. The lowest BCUT2D eigenvalue weighted by molar-refractivity contribution is -0.179. The van der Waals surface area contributed by atoms with Crippen molar-refractivity contribution in [1.29, 1.82) is 0 Å². The molecule has 0 aromatic rings. The molecule has 2 aliphatic rings. The van der Waals surface area contributed by atoms with Crippen molar-refractivity contribution in [2.45, 2.75) is 51.1 Å². The fourth-order valence-electron chi connectivity index (χ4n) is 3.23. The number of rotatable bonds is 1. The molecule has 2 aliphatic carbocycles. The highest BCUT2D eigenvalue weighted by atomic mass is 19.4. The van der Waals surface area contributed by atoms with Crippen molar-refractivity contribution < 1.29 is 22.8 Å². The predicted octanol–water partition coefficient (Wildman–Crippen LogP) is 3.05. The normalized spacial score (nSPS) is 28.6. The highest BCUT2D eigenvalue weighted by Crippen LogP contribution is 2.50. The number of carbonyl (C=O) groups excluding carboxylic acids is 2. The van der Waals surface area contributed by atoms with Crippen LogP contribution in [0.1, 0.15) is 44.9 Å². The van der Waals surface area contributed by atoms with Crippen LogP contribution in [-0.4, -0.2) is 17.7 Å². The molecule has 1 spiro atoms. The van der Waals surface area contributed by atoms with E-state index in [0.29, 0.717) is 6.42 Å². The predicted molar refractivity (Wildman–Crippen MR) is 54.3 cm³/mol. The lowest BCUT2D eigenvalue weighted by atomic mass is 9.67. The Morgan fingerprint density at radius 2 is 1.76 bits per heavy atom. The third kappa shape index (κ3) is 2.38. The van der Waals surface area contributed by atoms with E-state index in [4.69, 9.17) is 0 Å². The van der Waals surface area contributed by atoms with E-state index in [2.05, 4.69) is 0 Å². The maximum atomic E-state index is 12.4. The van der Waals surface area contributed by atoms with E-state index < -0.39 is 23.7 Å². The summed E-state index contributed by atoms with van der Waals surface area (Å²) in [4.78, 5) is 22.7. The van der Waals surface area contributed by atoms with Gasteiger partial charge in [0.15, 0.2) is 0 Å². The minimum atomic E-state index is -4.88.